The summed E-state index contributed by atoms with van der Waals surface area (Å²) < 4.78 is 2.08. The molecular formula is C19H19ClN4OS. The molecule has 26 heavy (non-hydrogen) atoms. The van der Waals surface area contributed by atoms with E-state index in [1.165, 1.54) is 5.56 Å². The summed E-state index contributed by atoms with van der Waals surface area (Å²) >= 11 is 11.2. The summed E-state index contributed by atoms with van der Waals surface area (Å²) in [7, 11) is 0. The zero-order valence-electron chi connectivity index (χ0n) is 14.5. The highest BCUT2D eigenvalue weighted by molar-refractivity contribution is 7.71. The summed E-state index contributed by atoms with van der Waals surface area (Å²) in [6.07, 6.45) is 0. The molecule has 1 amide bonds. The number of aromatic amines is 1. The van der Waals surface area contributed by atoms with Crippen molar-refractivity contribution in [1.29, 1.82) is 0 Å². The molecule has 3 rings (SSSR count). The fourth-order valence-corrected chi connectivity index (χ4v) is 3.04. The van der Waals surface area contributed by atoms with Gasteiger partial charge in [0.1, 0.15) is 6.54 Å². The van der Waals surface area contributed by atoms with Crippen LogP contribution in [0.3, 0.4) is 0 Å². The molecule has 134 valence electrons. The van der Waals surface area contributed by atoms with Gasteiger partial charge in [0.2, 0.25) is 5.91 Å². The quantitative estimate of drug-likeness (QED) is 0.646. The van der Waals surface area contributed by atoms with Gasteiger partial charge in [-0.15, -0.1) is 0 Å². The number of nitrogens with zero attached hydrogens (tertiary/aromatic N) is 2. The highest BCUT2D eigenvalue weighted by Crippen LogP contribution is 2.20. The van der Waals surface area contributed by atoms with Crippen molar-refractivity contribution in [2.45, 2.75) is 26.9 Å². The Morgan fingerprint density at radius 3 is 2.65 bits per heavy atom. The largest absolute Gasteiger partial charge is 0.350 e. The molecule has 5 nitrogen and oxygen atoms in total. The minimum absolute atomic E-state index is 0.0954. The lowest BCUT2D eigenvalue weighted by Crippen LogP contribution is -2.27. The third kappa shape index (κ3) is 4.20. The second kappa shape index (κ2) is 7.85. The van der Waals surface area contributed by atoms with Crippen LogP contribution >= 0.6 is 23.8 Å². The first-order chi connectivity index (χ1) is 12.4. The fraction of sp³-hybridized carbons (Fsp3) is 0.211. The van der Waals surface area contributed by atoms with Crippen molar-refractivity contribution < 1.29 is 4.79 Å². The summed E-state index contributed by atoms with van der Waals surface area (Å²) in [6.45, 7) is 4.66. The molecule has 3 aromatic rings. The van der Waals surface area contributed by atoms with E-state index in [1.54, 1.807) is 16.7 Å². The molecule has 0 aliphatic heterocycles. The van der Waals surface area contributed by atoms with Crippen molar-refractivity contribution in [2.75, 3.05) is 0 Å². The van der Waals surface area contributed by atoms with Gasteiger partial charge in [0.15, 0.2) is 10.6 Å². The Hall–Kier alpha value is -2.44. The predicted octanol–water partition coefficient (Wildman–Crippen LogP) is 4.19. The maximum absolute atomic E-state index is 12.4. The Labute approximate surface area is 162 Å². The molecule has 0 saturated heterocycles. The molecule has 2 aromatic carbocycles. The van der Waals surface area contributed by atoms with Crippen molar-refractivity contribution in [3.8, 4) is 11.4 Å². The Morgan fingerprint density at radius 1 is 1.23 bits per heavy atom. The third-order valence-electron chi connectivity index (χ3n) is 4.14. The molecule has 0 aliphatic carbocycles. The van der Waals surface area contributed by atoms with Gasteiger partial charge < -0.3 is 5.32 Å². The van der Waals surface area contributed by atoms with Crippen LogP contribution in [0, 0.1) is 18.6 Å². The summed E-state index contributed by atoms with van der Waals surface area (Å²) in [5, 5.41) is 10.6. The van der Waals surface area contributed by atoms with E-state index in [9.17, 15) is 4.79 Å². The van der Waals surface area contributed by atoms with Gasteiger partial charge in [-0.1, -0.05) is 35.4 Å². The molecule has 0 atom stereocenters. The number of carbonyl (C=O) groups excluding carboxylic acids is 1. The van der Waals surface area contributed by atoms with Crippen molar-refractivity contribution in [1.82, 2.24) is 20.1 Å². The van der Waals surface area contributed by atoms with E-state index in [4.69, 9.17) is 23.8 Å². The maximum Gasteiger partial charge on any atom is 0.240 e. The molecule has 0 radical (unpaired) electrons. The molecule has 0 unspecified atom stereocenters. The van der Waals surface area contributed by atoms with Crippen LogP contribution in [0.15, 0.2) is 42.5 Å². The Kier molecular flexibility index (Phi) is 5.54. The van der Waals surface area contributed by atoms with Gasteiger partial charge in [-0.2, -0.15) is 5.10 Å². The zero-order valence-corrected chi connectivity index (χ0v) is 16.1. The number of H-pyrrole nitrogens is 1. The third-order valence-corrected chi connectivity index (χ3v) is 4.70. The summed E-state index contributed by atoms with van der Waals surface area (Å²) in [4.78, 5) is 12.4. The topological polar surface area (TPSA) is 62.7 Å². The van der Waals surface area contributed by atoms with E-state index in [0.717, 1.165) is 16.7 Å². The minimum Gasteiger partial charge on any atom is -0.350 e. The number of rotatable bonds is 5. The second-order valence-electron chi connectivity index (χ2n) is 6.15. The second-order valence-corrected chi connectivity index (χ2v) is 6.98. The summed E-state index contributed by atoms with van der Waals surface area (Å²) in [5.74, 6) is 0.478. The lowest BCUT2D eigenvalue weighted by Gasteiger charge is -2.10. The standard InChI is InChI=1S/C19H19ClN4OS/c1-12-3-4-15(13(2)9-12)10-21-17(25)11-24-18(22-23-19(24)26)14-5-7-16(20)8-6-14/h3-9H,10-11H2,1-2H3,(H,21,25)(H,23,26). The minimum atomic E-state index is -0.127. The number of aromatic nitrogens is 3. The van der Waals surface area contributed by atoms with E-state index in [-0.39, 0.29) is 12.5 Å². The number of benzene rings is 2. The monoisotopic (exact) mass is 386 g/mol. The number of hydrogen-bond donors (Lipinski definition) is 2. The van der Waals surface area contributed by atoms with Crippen molar-refractivity contribution in [3.63, 3.8) is 0 Å². The molecule has 0 fully saturated rings. The van der Waals surface area contributed by atoms with Crippen LogP contribution in [0.25, 0.3) is 11.4 Å². The SMILES string of the molecule is Cc1ccc(CNC(=O)Cn2c(-c3ccc(Cl)cc3)n[nH]c2=S)c(C)c1. The number of nitrogens with one attached hydrogen (secondary N) is 2. The van der Waals surface area contributed by atoms with E-state index < -0.39 is 0 Å². The van der Waals surface area contributed by atoms with Gasteiger partial charge in [-0.25, -0.2) is 0 Å². The molecular weight excluding hydrogens is 368 g/mol. The molecule has 2 N–H and O–H groups in total. The van der Waals surface area contributed by atoms with Crippen LogP contribution in [0.4, 0.5) is 0 Å². The molecule has 1 heterocycles. The maximum atomic E-state index is 12.4. The number of hydrogen-bond acceptors (Lipinski definition) is 3. The highest BCUT2D eigenvalue weighted by atomic mass is 35.5. The van der Waals surface area contributed by atoms with E-state index in [1.807, 2.05) is 38.1 Å². The van der Waals surface area contributed by atoms with Gasteiger partial charge in [-0.05, 0) is 61.5 Å². The number of amides is 1. The van der Waals surface area contributed by atoms with E-state index >= 15 is 0 Å². The average molecular weight is 387 g/mol. The molecule has 1 aromatic heterocycles. The number of aryl methyl sites for hydroxylation is 2. The van der Waals surface area contributed by atoms with Crippen LogP contribution in [-0.2, 0) is 17.9 Å². The van der Waals surface area contributed by atoms with Crippen LogP contribution < -0.4 is 5.32 Å². The Balaban J connectivity index is 1.72. The van der Waals surface area contributed by atoms with Crippen molar-refractivity contribution in [2.24, 2.45) is 0 Å². The van der Waals surface area contributed by atoms with E-state index in [0.29, 0.717) is 22.2 Å². The number of halogens is 1. The molecule has 0 aliphatic rings. The van der Waals surface area contributed by atoms with Crippen molar-refractivity contribution >= 4 is 29.7 Å². The first-order valence-corrected chi connectivity index (χ1v) is 8.96. The Morgan fingerprint density at radius 2 is 1.96 bits per heavy atom. The first kappa shape index (κ1) is 18.4. The molecule has 0 saturated carbocycles. The molecule has 7 heteroatoms. The van der Waals surface area contributed by atoms with Crippen LogP contribution in [0.2, 0.25) is 5.02 Å². The van der Waals surface area contributed by atoms with Crippen molar-refractivity contribution in [3.05, 3.63) is 68.9 Å². The molecule has 0 bridgehead atoms. The summed E-state index contributed by atoms with van der Waals surface area (Å²) in [5.41, 5.74) is 4.29. The van der Waals surface area contributed by atoms with Crippen LogP contribution in [0.1, 0.15) is 16.7 Å². The van der Waals surface area contributed by atoms with Gasteiger partial charge >= 0.3 is 0 Å². The smallest absolute Gasteiger partial charge is 0.240 e. The van der Waals surface area contributed by atoms with Gasteiger partial charge in [0.05, 0.1) is 0 Å². The van der Waals surface area contributed by atoms with E-state index in [2.05, 4.69) is 21.6 Å². The number of carbonyl (C=O) groups is 1. The lowest BCUT2D eigenvalue weighted by molar-refractivity contribution is -0.121. The average Bonchev–Trinajstić information content (AvgIpc) is 2.95. The van der Waals surface area contributed by atoms with Crippen LogP contribution in [-0.4, -0.2) is 20.7 Å². The normalized spacial score (nSPS) is 10.7. The Bertz CT molecular complexity index is 992. The first-order valence-electron chi connectivity index (χ1n) is 8.18. The highest BCUT2D eigenvalue weighted by Gasteiger charge is 2.12. The lowest BCUT2D eigenvalue weighted by atomic mass is 10.1. The zero-order chi connectivity index (χ0) is 18.7. The fourth-order valence-electron chi connectivity index (χ4n) is 2.72. The molecule has 0 spiro atoms. The summed E-state index contributed by atoms with van der Waals surface area (Å²) in [6, 6.07) is 13.4. The predicted molar refractivity (Wildman–Crippen MR) is 106 cm³/mol. The van der Waals surface area contributed by atoms with Gasteiger partial charge in [0, 0.05) is 17.1 Å². The van der Waals surface area contributed by atoms with Gasteiger partial charge in [-0.3, -0.25) is 14.5 Å². The van der Waals surface area contributed by atoms with Crippen LogP contribution in [0.5, 0.6) is 0 Å². The van der Waals surface area contributed by atoms with Gasteiger partial charge in [0.25, 0.3) is 0 Å².